The van der Waals surface area contributed by atoms with E-state index in [1.165, 1.54) is 9.21 Å². The fourth-order valence-electron chi connectivity index (χ4n) is 3.13. The summed E-state index contributed by atoms with van der Waals surface area (Å²) in [6.07, 6.45) is 0.204. The molecule has 1 unspecified atom stereocenters. The third-order valence-electron chi connectivity index (χ3n) is 4.67. The smallest absolute Gasteiger partial charge is 0.237 e. The Hall–Kier alpha value is -0.950. The summed E-state index contributed by atoms with van der Waals surface area (Å²) in [4.78, 5) is 13.4. The van der Waals surface area contributed by atoms with E-state index in [-0.39, 0.29) is 43.9 Å². The summed E-state index contributed by atoms with van der Waals surface area (Å²) >= 11 is 0. The van der Waals surface area contributed by atoms with Crippen LogP contribution < -0.4 is 5.32 Å². The number of hydrogen-bond acceptors (Lipinski definition) is 5. The summed E-state index contributed by atoms with van der Waals surface area (Å²) in [6, 6.07) is 1.33. The fourth-order valence-corrected chi connectivity index (χ4v) is 4.44. The van der Waals surface area contributed by atoms with Crippen LogP contribution in [0.25, 0.3) is 0 Å². The Morgan fingerprint density at radius 2 is 1.96 bits per heavy atom. The van der Waals surface area contributed by atoms with Crippen LogP contribution in [0, 0.1) is 11.3 Å². The molecule has 2 fully saturated rings. The summed E-state index contributed by atoms with van der Waals surface area (Å²) in [5, 5.41) is 11.7. The Bertz CT molecular complexity index is 602. The lowest BCUT2D eigenvalue weighted by Crippen LogP contribution is -2.49. The van der Waals surface area contributed by atoms with E-state index in [9.17, 15) is 17.6 Å². The van der Waals surface area contributed by atoms with Gasteiger partial charge in [-0.3, -0.25) is 4.79 Å². The number of alkyl halides is 1. The third kappa shape index (κ3) is 5.26. The van der Waals surface area contributed by atoms with Gasteiger partial charge in [0.25, 0.3) is 0 Å². The van der Waals surface area contributed by atoms with Gasteiger partial charge in [0.1, 0.15) is 12.2 Å². The minimum atomic E-state index is -3.23. The van der Waals surface area contributed by atoms with Crippen molar-refractivity contribution >= 4 is 28.3 Å². The topological polar surface area (TPSA) is 93.5 Å². The van der Waals surface area contributed by atoms with Gasteiger partial charge >= 0.3 is 0 Å². The fraction of sp³-hybridized carbons (Fsp3) is 0.867. The molecule has 2 aliphatic heterocycles. The maximum absolute atomic E-state index is 13.4. The molecule has 144 valence electrons. The van der Waals surface area contributed by atoms with Crippen molar-refractivity contribution in [2.75, 3.05) is 26.2 Å². The van der Waals surface area contributed by atoms with Crippen LogP contribution in [0.5, 0.6) is 0 Å². The van der Waals surface area contributed by atoms with Gasteiger partial charge in [-0.25, -0.2) is 17.1 Å². The lowest BCUT2D eigenvalue weighted by atomic mass is 10.1. The first-order chi connectivity index (χ1) is 11.3. The van der Waals surface area contributed by atoms with E-state index in [0.29, 0.717) is 25.9 Å². The van der Waals surface area contributed by atoms with E-state index >= 15 is 0 Å². The zero-order chi connectivity index (χ0) is 17.9. The molecule has 2 rings (SSSR count). The van der Waals surface area contributed by atoms with Crippen LogP contribution in [0.2, 0.25) is 0 Å². The van der Waals surface area contributed by atoms with E-state index < -0.39 is 27.5 Å². The molecular formula is C15H26ClFN4O3S. The van der Waals surface area contributed by atoms with Crippen molar-refractivity contribution in [2.45, 2.75) is 56.6 Å². The highest BCUT2D eigenvalue weighted by Crippen LogP contribution is 2.20. The highest BCUT2D eigenvalue weighted by molar-refractivity contribution is 7.89. The molecule has 0 saturated carbocycles. The van der Waals surface area contributed by atoms with Crippen LogP contribution in [-0.2, 0) is 14.8 Å². The first kappa shape index (κ1) is 22.1. The van der Waals surface area contributed by atoms with Gasteiger partial charge in [0.2, 0.25) is 15.9 Å². The molecule has 0 aromatic rings. The van der Waals surface area contributed by atoms with E-state index in [4.69, 9.17) is 5.26 Å². The van der Waals surface area contributed by atoms with Crippen LogP contribution in [-0.4, -0.2) is 73.2 Å². The summed E-state index contributed by atoms with van der Waals surface area (Å²) in [6.45, 7) is 4.22. The van der Waals surface area contributed by atoms with Crippen molar-refractivity contribution < 1.29 is 17.6 Å². The number of likely N-dealkylation sites (tertiary alicyclic amines) is 1. The number of nitrogens with one attached hydrogen (secondary N) is 1. The van der Waals surface area contributed by atoms with E-state index in [1.807, 2.05) is 6.07 Å². The molecule has 1 amide bonds. The van der Waals surface area contributed by atoms with E-state index in [2.05, 4.69) is 5.32 Å². The van der Waals surface area contributed by atoms with Crippen molar-refractivity contribution in [3.8, 4) is 6.07 Å². The van der Waals surface area contributed by atoms with E-state index in [1.54, 1.807) is 13.8 Å². The highest BCUT2D eigenvalue weighted by Gasteiger charge is 2.35. The third-order valence-corrected chi connectivity index (χ3v) is 6.95. The quantitative estimate of drug-likeness (QED) is 0.736. The SMILES string of the molecule is CC(C)S(=O)(=O)N1CCC(NCC(=O)N2C[C@@H](F)CC2C#N)CC1.Cl. The van der Waals surface area contributed by atoms with Crippen LogP contribution in [0.4, 0.5) is 4.39 Å². The number of nitrogens with zero attached hydrogens (tertiary/aromatic N) is 3. The Kier molecular flexibility index (Phi) is 8.06. The molecule has 7 nitrogen and oxygen atoms in total. The molecule has 1 N–H and O–H groups in total. The van der Waals surface area contributed by atoms with Crippen molar-refractivity contribution in [3.63, 3.8) is 0 Å². The standard InChI is InChI=1S/C15H25FN4O3S.ClH/c1-11(2)24(22,23)19-5-3-13(4-6-19)18-9-15(21)20-10-12(16)7-14(20)8-17;/h11-14,18H,3-7,9-10H2,1-2H3;1H/t12-,14?;/m0./s1. The first-order valence-electron chi connectivity index (χ1n) is 8.31. The monoisotopic (exact) mass is 396 g/mol. The number of hydrogen-bond donors (Lipinski definition) is 1. The van der Waals surface area contributed by atoms with Crippen LogP contribution in [0.3, 0.4) is 0 Å². The second kappa shape index (κ2) is 9.12. The molecule has 2 heterocycles. The number of carbonyl (C=O) groups excluding carboxylic acids is 1. The molecule has 0 spiro atoms. The lowest BCUT2D eigenvalue weighted by molar-refractivity contribution is -0.130. The summed E-state index contributed by atoms with van der Waals surface area (Å²) in [5.74, 6) is -0.279. The van der Waals surface area contributed by atoms with Gasteiger partial charge in [0.15, 0.2) is 0 Å². The van der Waals surface area contributed by atoms with Crippen molar-refractivity contribution in [2.24, 2.45) is 0 Å². The van der Waals surface area contributed by atoms with Crippen molar-refractivity contribution in [3.05, 3.63) is 0 Å². The number of rotatable bonds is 5. The largest absolute Gasteiger partial charge is 0.323 e. The molecule has 2 saturated heterocycles. The number of piperidine rings is 1. The molecule has 2 atom stereocenters. The molecule has 25 heavy (non-hydrogen) atoms. The second-order valence-electron chi connectivity index (χ2n) is 6.67. The maximum Gasteiger partial charge on any atom is 0.237 e. The zero-order valence-corrected chi connectivity index (χ0v) is 16.2. The number of sulfonamides is 1. The van der Waals surface area contributed by atoms with Crippen molar-refractivity contribution in [1.82, 2.24) is 14.5 Å². The molecule has 10 heteroatoms. The highest BCUT2D eigenvalue weighted by atomic mass is 35.5. The number of amides is 1. The second-order valence-corrected chi connectivity index (χ2v) is 9.16. The van der Waals surface area contributed by atoms with E-state index in [0.717, 1.165) is 0 Å². The molecule has 0 aromatic carbocycles. The molecule has 0 aliphatic carbocycles. The Morgan fingerprint density at radius 1 is 1.36 bits per heavy atom. The molecule has 0 radical (unpaired) electrons. The minimum Gasteiger partial charge on any atom is -0.323 e. The predicted molar refractivity (Wildman–Crippen MR) is 94.5 cm³/mol. The van der Waals surface area contributed by atoms with Gasteiger partial charge in [-0.15, -0.1) is 12.4 Å². The van der Waals surface area contributed by atoms with Crippen LogP contribution >= 0.6 is 12.4 Å². The Balaban J connectivity index is 0.00000312. The average molecular weight is 397 g/mol. The summed E-state index contributed by atoms with van der Waals surface area (Å²) in [7, 11) is -3.23. The minimum absolute atomic E-state index is 0. The first-order valence-corrected chi connectivity index (χ1v) is 9.81. The number of carbonyl (C=O) groups is 1. The van der Waals surface area contributed by atoms with Gasteiger partial charge in [-0.05, 0) is 26.7 Å². The number of nitriles is 1. The van der Waals surface area contributed by atoms with Crippen molar-refractivity contribution in [1.29, 1.82) is 5.26 Å². The molecular weight excluding hydrogens is 371 g/mol. The Labute approximate surface area is 155 Å². The lowest BCUT2D eigenvalue weighted by Gasteiger charge is -2.33. The summed E-state index contributed by atoms with van der Waals surface area (Å²) in [5.41, 5.74) is 0. The predicted octanol–water partition coefficient (Wildman–Crippen LogP) is 0.663. The van der Waals surface area contributed by atoms with Crippen LogP contribution in [0.15, 0.2) is 0 Å². The van der Waals surface area contributed by atoms with Crippen LogP contribution in [0.1, 0.15) is 33.1 Å². The molecule has 0 bridgehead atoms. The number of halogens is 2. The zero-order valence-electron chi connectivity index (χ0n) is 14.5. The average Bonchev–Trinajstić information content (AvgIpc) is 2.94. The van der Waals surface area contributed by atoms with Gasteiger partial charge in [0.05, 0.1) is 24.4 Å². The van der Waals surface area contributed by atoms with Gasteiger partial charge < -0.3 is 10.2 Å². The summed E-state index contributed by atoms with van der Waals surface area (Å²) < 4.78 is 39.1. The normalized spacial score (nSPS) is 25.6. The Morgan fingerprint density at radius 3 is 2.48 bits per heavy atom. The van der Waals surface area contributed by atoms with Gasteiger partial charge in [0, 0.05) is 25.6 Å². The maximum atomic E-state index is 13.4. The molecule has 0 aromatic heterocycles. The van der Waals surface area contributed by atoms with Gasteiger partial charge in [-0.1, -0.05) is 0 Å². The molecule has 2 aliphatic rings. The van der Waals surface area contributed by atoms with Gasteiger partial charge in [-0.2, -0.15) is 5.26 Å².